The largest absolute Gasteiger partial charge is 0.495 e. The quantitative estimate of drug-likeness (QED) is 0.870. The maximum atomic E-state index is 12.4. The molecule has 1 atom stereocenters. The van der Waals surface area contributed by atoms with Gasteiger partial charge in [-0.3, -0.25) is 9.59 Å². The van der Waals surface area contributed by atoms with Crippen LogP contribution in [0.3, 0.4) is 0 Å². The minimum atomic E-state index is 0. The Morgan fingerprint density at radius 1 is 1.38 bits per heavy atom. The van der Waals surface area contributed by atoms with Crippen LogP contribution in [0, 0.1) is 5.92 Å². The fourth-order valence-electron chi connectivity index (χ4n) is 3.20. The number of methoxy groups -OCH3 is 1. The van der Waals surface area contributed by atoms with Crippen molar-refractivity contribution in [3.8, 4) is 5.75 Å². The lowest BCUT2D eigenvalue weighted by atomic mass is 9.99. The van der Waals surface area contributed by atoms with E-state index in [-0.39, 0.29) is 30.1 Å². The number of hydrogen-bond acceptors (Lipinski definition) is 4. The van der Waals surface area contributed by atoms with Gasteiger partial charge in [0, 0.05) is 25.2 Å². The number of hydrogen-bond donors (Lipinski definition) is 2. The van der Waals surface area contributed by atoms with Gasteiger partial charge in [0.1, 0.15) is 5.75 Å². The number of anilines is 2. The second-order valence-corrected chi connectivity index (χ2v) is 6.07. The lowest BCUT2D eigenvalue weighted by Gasteiger charge is -2.23. The van der Waals surface area contributed by atoms with Gasteiger partial charge in [-0.1, -0.05) is 0 Å². The van der Waals surface area contributed by atoms with Crippen molar-refractivity contribution in [2.24, 2.45) is 5.92 Å². The summed E-state index contributed by atoms with van der Waals surface area (Å²) in [5, 5.41) is 6.22. The molecule has 2 aliphatic heterocycles. The van der Waals surface area contributed by atoms with Crippen molar-refractivity contribution in [2.75, 3.05) is 37.0 Å². The topological polar surface area (TPSA) is 70.7 Å². The summed E-state index contributed by atoms with van der Waals surface area (Å²) in [4.78, 5) is 26.1. The van der Waals surface area contributed by atoms with Gasteiger partial charge in [-0.2, -0.15) is 0 Å². The van der Waals surface area contributed by atoms with E-state index in [9.17, 15) is 9.59 Å². The smallest absolute Gasteiger partial charge is 0.228 e. The summed E-state index contributed by atoms with van der Waals surface area (Å²) >= 11 is 0. The van der Waals surface area contributed by atoms with Gasteiger partial charge in [0.2, 0.25) is 11.8 Å². The Labute approximate surface area is 148 Å². The zero-order valence-corrected chi connectivity index (χ0v) is 14.7. The number of rotatable bonds is 4. The highest BCUT2D eigenvalue weighted by Crippen LogP contribution is 2.34. The van der Waals surface area contributed by atoms with Crippen LogP contribution in [0.2, 0.25) is 0 Å². The van der Waals surface area contributed by atoms with E-state index in [1.165, 1.54) is 0 Å². The first-order valence-electron chi connectivity index (χ1n) is 8.19. The van der Waals surface area contributed by atoms with Crippen LogP contribution in [0.15, 0.2) is 18.2 Å². The Kier molecular flexibility index (Phi) is 6.45. The van der Waals surface area contributed by atoms with Crippen LogP contribution in [0.4, 0.5) is 11.4 Å². The molecule has 2 N–H and O–H groups in total. The zero-order chi connectivity index (χ0) is 16.2. The third-order valence-corrected chi connectivity index (χ3v) is 4.48. The van der Waals surface area contributed by atoms with E-state index >= 15 is 0 Å². The molecule has 132 valence electrons. The van der Waals surface area contributed by atoms with Crippen LogP contribution >= 0.6 is 12.4 Å². The van der Waals surface area contributed by atoms with Gasteiger partial charge in [-0.05, 0) is 44.0 Å². The molecule has 2 saturated heterocycles. The van der Waals surface area contributed by atoms with E-state index in [2.05, 4.69) is 10.6 Å². The van der Waals surface area contributed by atoms with Crippen LogP contribution in [0.25, 0.3) is 0 Å². The molecule has 24 heavy (non-hydrogen) atoms. The molecule has 0 spiro atoms. The molecule has 0 aliphatic carbocycles. The van der Waals surface area contributed by atoms with Crippen molar-refractivity contribution in [3.63, 3.8) is 0 Å². The van der Waals surface area contributed by atoms with Crippen molar-refractivity contribution in [2.45, 2.75) is 25.7 Å². The van der Waals surface area contributed by atoms with Gasteiger partial charge >= 0.3 is 0 Å². The number of nitrogens with zero attached hydrogens (tertiary/aromatic N) is 1. The van der Waals surface area contributed by atoms with Gasteiger partial charge in [-0.25, -0.2) is 0 Å². The number of carbonyl (C=O) groups excluding carboxylic acids is 2. The average Bonchev–Trinajstić information content (AvgIpc) is 3.01. The lowest BCUT2D eigenvalue weighted by molar-refractivity contribution is -0.120. The second kappa shape index (κ2) is 8.35. The standard InChI is InChI=1S/C17H23N3O3.ClH/c1-23-15-7-6-13(10-14(15)20-9-3-5-16(20)21)19-17(22)12-4-2-8-18-11-12;/h6-7,10,12,18H,2-5,8-9,11H2,1H3,(H,19,22);1H. The molecule has 6 nitrogen and oxygen atoms in total. The lowest BCUT2D eigenvalue weighted by Crippen LogP contribution is -2.37. The second-order valence-electron chi connectivity index (χ2n) is 6.07. The molecule has 7 heteroatoms. The highest BCUT2D eigenvalue weighted by Gasteiger charge is 2.26. The zero-order valence-electron chi connectivity index (χ0n) is 13.8. The molecule has 2 amide bonds. The highest BCUT2D eigenvalue weighted by molar-refractivity contribution is 5.99. The fraction of sp³-hybridized carbons (Fsp3) is 0.529. The minimum Gasteiger partial charge on any atom is -0.495 e. The van der Waals surface area contributed by atoms with E-state index in [4.69, 9.17) is 4.74 Å². The van der Waals surface area contributed by atoms with Crippen molar-refractivity contribution >= 4 is 35.6 Å². The Bertz CT molecular complexity index is 603. The predicted molar refractivity (Wildman–Crippen MR) is 96.1 cm³/mol. The maximum Gasteiger partial charge on any atom is 0.228 e. The molecule has 1 aromatic rings. The number of carbonyl (C=O) groups is 2. The Morgan fingerprint density at radius 2 is 2.21 bits per heavy atom. The van der Waals surface area contributed by atoms with Crippen molar-refractivity contribution in [1.29, 1.82) is 0 Å². The van der Waals surface area contributed by atoms with Gasteiger partial charge in [0.15, 0.2) is 0 Å². The maximum absolute atomic E-state index is 12.4. The van der Waals surface area contributed by atoms with Gasteiger partial charge in [0.25, 0.3) is 0 Å². The molecular formula is C17H24ClN3O3. The van der Waals surface area contributed by atoms with Gasteiger partial charge in [0.05, 0.1) is 18.7 Å². The normalized spacial score (nSPS) is 20.5. The molecule has 0 saturated carbocycles. The number of ether oxygens (including phenoxy) is 1. The number of halogens is 1. The minimum absolute atomic E-state index is 0. The molecule has 3 rings (SSSR count). The fourth-order valence-corrected chi connectivity index (χ4v) is 3.20. The third kappa shape index (κ3) is 3.99. The number of benzene rings is 1. The van der Waals surface area contributed by atoms with E-state index in [1.807, 2.05) is 12.1 Å². The summed E-state index contributed by atoms with van der Waals surface area (Å²) in [6.45, 7) is 2.39. The Morgan fingerprint density at radius 3 is 2.83 bits per heavy atom. The summed E-state index contributed by atoms with van der Waals surface area (Å²) in [6, 6.07) is 5.45. The molecule has 2 aliphatic rings. The summed E-state index contributed by atoms with van der Waals surface area (Å²) < 4.78 is 5.37. The predicted octanol–water partition coefficient (Wildman–Crippen LogP) is 2.18. The van der Waals surface area contributed by atoms with Gasteiger partial charge < -0.3 is 20.3 Å². The van der Waals surface area contributed by atoms with E-state index in [0.29, 0.717) is 24.4 Å². The molecule has 2 heterocycles. The van der Waals surface area contributed by atoms with Crippen LogP contribution < -0.4 is 20.3 Å². The molecule has 0 radical (unpaired) electrons. The van der Waals surface area contributed by atoms with Crippen LogP contribution in [-0.4, -0.2) is 38.6 Å². The molecule has 2 fully saturated rings. The first kappa shape index (κ1) is 18.5. The van der Waals surface area contributed by atoms with E-state index in [0.717, 1.165) is 38.0 Å². The van der Waals surface area contributed by atoms with E-state index in [1.54, 1.807) is 18.1 Å². The van der Waals surface area contributed by atoms with Crippen molar-refractivity contribution in [3.05, 3.63) is 18.2 Å². The summed E-state index contributed by atoms with van der Waals surface area (Å²) in [6.07, 6.45) is 3.35. The third-order valence-electron chi connectivity index (χ3n) is 4.48. The van der Waals surface area contributed by atoms with Crippen LogP contribution in [-0.2, 0) is 9.59 Å². The SMILES string of the molecule is COc1ccc(NC(=O)C2CCCNC2)cc1N1CCCC1=O.Cl. The molecule has 0 bridgehead atoms. The summed E-state index contributed by atoms with van der Waals surface area (Å²) in [5.41, 5.74) is 1.44. The molecule has 1 unspecified atom stereocenters. The number of piperidine rings is 1. The molecule has 0 aromatic heterocycles. The van der Waals surface area contributed by atoms with Crippen molar-refractivity contribution < 1.29 is 14.3 Å². The van der Waals surface area contributed by atoms with Crippen molar-refractivity contribution in [1.82, 2.24) is 5.32 Å². The molecular weight excluding hydrogens is 330 g/mol. The monoisotopic (exact) mass is 353 g/mol. The Hall–Kier alpha value is -1.79. The van der Waals surface area contributed by atoms with Crippen LogP contribution in [0.5, 0.6) is 5.75 Å². The first-order chi connectivity index (χ1) is 11.2. The highest BCUT2D eigenvalue weighted by atomic mass is 35.5. The average molecular weight is 354 g/mol. The summed E-state index contributed by atoms with van der Waals surface area (Å²) in [5.74, 6) is 0.782. The number of nitrogens with one attached hydrogen (secondary N) is 2. The first-order valence-corrected chi connectivity index (χ1v) is 8.19. The van der Waals surface area contributed by atoms with Crippen LogP contribution in [0.1, 0.15) is 25.7 Å². The summed E-state index contributed by atoms with van der Waals surface area (Å²) in [7, 11) is 1.59. The van der Waals surface area contributed by atoms with Gasteiger partial charge in [-0.15, -0.1) is 12.4 Å². The Balaban J connectivity index is 0.00000208. The van der Waals surface area contributed by atoms with E-state index < -0.39 is 0 Å². The molecule has 1 aromatic carbocycles. The number of amides is 2.